The molecular weight excluding hydrogens is 288 g/mol. The lowest BCUT2D eigenvalue weighted by Gasteiger charge is -2.30. The van der Waals surface area contributed by atoms with Gasteiger partial charge in [0.1, 0.15) is 5.54 Å². The summed E-state index contributed by atoms with van der Waals surface area (Å²) in [5.41, 5.74) is -0.109. The van der Waals surface area contributed by atoms with E-state index in [1.165, 1.54) is 0 Å². The van der Waals surface area contributed by atoms with E-state index in [1.807, 2.05) is 6.07 Å². The number of nitrogens with zero attached hydrogens (tertiary/aromatic N) is 1. The smallest absolute Gasteiger partial charge is 0.107 e. The van der Waals surface area contributed by atoms with E-state index in [4.69, 9.17) is 5.26 Å². The van der Waals surface area contributed by atoms with Crippen LogP contribution in [0.15, 0.2) is 22.7 Å². The summed E-state index contributed by atoms with van der Waals surface area (Å²) in [7, 11) is 0. The summed E-state index contributed by atoms with van der Waals surface area (Å²) < 4.78 is 0.622. The zero-order chi connectivity index (χ0) is 12.9. The first-order valence-corrected chi connectivity index (χ1v) is 5.70. The normalized spacial score (nSPS) is 11.0. The number of benzene rings is 1. The fourth-order valence-electron chi connectivity index (χ4n) is 1.24. The summed E-state index contributed by atoms with van der Waals surface area (Å²) in [6, 6.07) is 6.84. The van der Waals surface area contributed by atoms with Crippen LogP contribution in [0, 0.1) is 11.3 Å². The lowest BCUT2D eigenvalue weighted by atomic mass is 10.0. The van der Waals surface area contributed by atoms with Crippen molar-refractivity contribution >= 4 is 21.6 Å². The first-order chi connectivity index (χ1) is 8.10. The molecule has 1 aromatic rings. The summed E-state index contributed by atoms with van der Waals surface area (Å²) >= 11 is 3.27. The Bertz CT molecular complexity index is 419. The SMILES string of the molecule is N#Cc1ccc(NC(CO)(CO)CO)c(Br)c1. The topological polar surface area (TPSA) is 96.5 Å². The van der Waals surface area contributed by atoms with Gasteiger partial charge >= 0.3 is 0 Å². The van der Waals surface area contributed by atoms with Gasteiger partial charge in [0, 0.05) is 10.2 Å². The monoisotopic (exact) mass is 300 g/mol. The Hall–Kier alpha value is -1.13. The van der Waals surface area contributed by atoms with Crippen molar-refractivity contribution < 1.29 is 15.3 Å². The Morgan fingerprint density at radius 1 is 1.24 bits per heavy atom. The molecule has 0 saturated heterocycles. The predicted octanol–water partition coefficient (Wildman–Crippen LogP) is 0.448. The molecule has 0 saturated carbocycles. The number of hydrogen-bond acceptors (Lipinski definition) is 5. The molecule has 0 spiro atoms. The van der Waals surface area contributed by atoms with Crippen molar-refractivity contribution in [3.8, 4) is 6.07 Å². The van der Waals surface area contributed by atoms with Crippen LogP contribution in [0.5, 0.6) is 0 Å². The summed E-state index contributed by atoms with van der Waals surface area (Å²) in [6.07, 6.45) is 0. The van der Waals surface area contributed by atoms with Gasteiger partial charge in [-0.15, -0.1) is 0 Å². The molecule has 0 amide bonds. The average Bonchev–Trinajstić information content (AvgIpc) is 2.38. The minimum atomic E-state index is -1.18. The van der Waals surface area contributed by atoms with E-state index in [0.717, 1.165) is 0 Å². The van der Waals surface area contributed by atoms with E-state index in [-0.39, 0.29) is 0 Å². The Balaban J connectivity index is 2.99. The number of aliphatic hydroxyl groups excluding tert-OH is 3. The Kier molecular flexibility index (Phi) is 4.90. The van der Waals surface area contributed by atoms with Gasteiger partial charge in [-0.1, -0.05) is 0 Å². The molecule has 0 heterocycles. The lowest BCUT2D eigenvalue weighted by Crippen LogP contribution is -2.49. The standard InChI is InChI=1S/C11H13BrN2O3/c12-9-3-8(4-13)1-2-10(9)14-11(5-15,6-16)7-17/h1-3,14-17H,5-7H2. The van der Waals surface area contributed by atoms with Crippen LogP contribution >= 0.6 is 15.9 Å². The van der Waals surface area contributed by atoms with Crippen molar-refractivity contribution in [3.05, 3.63) is 28.2 Å². The molecule has 17 heavy (non-hydrogen) atoms. The van der Waals surface area contributed by atoms with Crippen molar-refractivity contribution in [2.75, 3.05) is 25.1 Å². The van der Waals surface area contributed by atoms with E-state index >= 15 is 0 Å². The first kappa shape index (κ1) is 13.9. The van der Waals surface area contributed by atoms with Gasteiger partial charge in [-0.05, 0) is 34.1 Å². The zero-order valence-electron chi connectivity index (χ0n) is 9.02. The van der Waals surface area contributed by atoms with Gasteiger partial charge in [-0.25, -0.2) is 0 Å². The second kappa shape index (κ2) is 5.98. The molecule has 0 aliphatic heterocycles. The van der Waals surface area contributed by atoms with Crippen LogP contribution in [0.1, 0.15) is 5.56 Å². The number of rotatable bonds is 5. The van der Waals surface area contributed by atoms with E-state index in [9.17, 15) is 15.3 Å². The highest BCUT2D eigenvalue weighted by Crippen LogP contribution is 2.26. The van der Waals surface area contributed by atoms with Gasteiger partial charge in [0.2, 0.25) is 0 Å². The number of anilines is 1. The molecule has 92 valence electrons. The van der Waals surface area contributed by atoms with Crippen LogP contribution < -0.4 is 5.32 Å². The molecular formula is C11H13BrN2O3. The summed E-state index contributed by atoms with van der Waals surface area (Å²) in [5, 5.41) is 39.1. The van der Waals surface area contributed by atoms with Crippen molar-refractivity contribution in [2.24, 2.45) is 0 Å². The second-order valence-electron chi connectivity index (χ2n) is 3.69. The van der Waals surface area contributed by atoms with Crippen molar-refractivity contribution in [1.29, 1.82) is 5.26 Å². The molecule has 5 nitrogen and oxygen atoms in total. The van der Waals surface area contributed by atoms with Crippen molar-refractivity contribution in [3.63, 3.8) is 0 Å². The third-order valence-electron chi connectivity index (χ3n) is 2.41. The maximum absolute atomic E-state index is 9.18. The molecule has 0 unspecified atom stereocenters. The highest BCUT2D eigenvalue weighted by atomic mass is 79.9. The quantitative estimate of drug-likeness (QED) is 0.633. The highest BCUT2D eigenvalue weighted by molar-refractivity contribution is 9.10. The molecule has 0 aliphatic rings. The second-order valence-corrected chi connectivity index (χ2v) is 4.54. The first-order valence-electron chi connectivity index (χ1n) is 4.91. The van der Waals surface area contributed by atoms with Gasteiger partial charge in [-0.2, -0.15) is 5.26 Å². The van der Waals surface area contributed by atoms with Crippen molar-refractivity contribution in [1.82, 2.24) is 0 Å². The molecule has 0 bridgehead atoms. The number of halogens is 1. The molecule has 0 aromatic heterocycles. The summed E-state index contributed by atoms with van der Waals surface area (Å²) in [4.78, 5) is 0. The Morgan fingerprint density at radius 2 is 1.82 bits per heavy atom. The van der Waals surface area contributed by atoms with E-state index in [0.29, 0.717) is 15.7 Å². The zero-order valence-corrected chi connectivity index (χ0v) is 10.6. The molecule has 1 aromatic carbocycles. The molecule has 0 aliphatic carbocycles. The maximum atomic E-state index is 9.18. The van der Waals surface area contributed by atoms with Gasteiger partial charge in [0.25, 0.3) is 0 Å². The Morgan fingerprint density at radius 3 is 2.24 bits per heavy atom. The number of nitrogens with one attached hydrogen (secondary N) is 1. The highest BCUT2D eigenvalue weighted by Gasteiger charge is 2.28. The van der Waals surface area contributed by atoms with Gasteiger partial charge in [0.05, 0.1) is 31.5 Å². The van der Waals surface area contributed by atoms with Crippen LogP contribution in [0.25, 0.3) is 0 Å². The average molecular weight is 301 g/mol. The number of aliphatic hydroxyl groups is 3. The minimum Gasteiger partial charge on any atom is -0.394 e. The van der Waals surface area contributed by atoms with Gasteiger partial charge < -0.3 is 20.6 Å². The largest absolute Gasteiger partial charge is 0.394 e. The van der Waals surface area contributed by atoms with Crippen LogP contribution in [0.4, 0.5) is 5.69 Å². The van der Waals surface area contributed by atoms with E-state index < -0.39 is 25.4 Å². The third kappa shape index (κ3) is 3.17. The summed E-state index contributed by atoms with van der Waals surface area (Å²) in [6.45, 7) is -1.23. The van der Waals surface area contributed by atoms with Gasteiger partial charge in [-0.3, -0.25) is 0 Å². The predicted molar refractivity (Wildman–Crippen MR) is 66.5 cm³/mol. The molecule has 0 radical (unpaired) electrons. The Labute approximate surface area is 107 Å². The van der Waals surface area contributed by atoms with Gasteiger partial charge in [0.15, 0.2) is 0 Å². The fourth-order valence-corrected chi connectivity index (χ4v) is 1.72. The van der Waals surface area contributed by atoms with E-state index in [1.54, 1.807) is 18.2 Å². The van der Waals surface area contributed by atoms with Crippen LogP contribution in [0.2, 0.25) is 0 Å². The molecule has 4 N–H and O–H groups in total. The van der Waals surface area contributed by atoms with E-state index in [2.05, 4.69) is 21.2 Å². The van der Waals surface area contributed by atoms with Crippen LogP contribution in [-0.2, 0) is 0 Å². The molecule has 0 fully saturated rings. The fraction of sp³-hybridized carbons (Fsp3) is 0.364. The maximum Gasteiger partial charge on any atom is 0.107 e. The minimum absolute atomic E-state index is 0.410. The molecule has 6 heteroatoms. The summed E-state index contributed by atoms with van der Waals surface area (Å²) in [5.74, 6) is 0. The number of hydrogen-bond donors (Lipinski definition) is 4. The molecule has 1 rings (SSSR count). The number of nitriles is 1. The van der Waals surface area contributed by atoms with Crippen molar-refractivity contribution in [2.45, 2.75) is 5.54 Å². The molecule has 0 atom stereocenters. The lowest BCUT2D eigenvalue weighted by molar-refractivity contribution is 0.0833. The third-order valence-corrected chi connectivity index (χ3v) is 3.06. The van der Waals surface area contributed by atoms with Crippen LogP contribution in [0.3, 0.4) is 0 Å². The van der Waals surface area contributed by atoms with Crippen LogP contribution in [-0.4, -0.2) is 40.7 Å².